The van der Waals surface area contributed by atoms with Crippen molar-refractivity contribution >= 4 is 21.8 Å². The van der Waals surface area contributed by atoms with Crippen LogP contribution < -0.4 is 0 Å². The van der Waals surface area contributed by atoms with E-state index < -0.39 is 0 Å². The maximum atomic E-state index is 5.08. The van der Waals surface area contributed by atoms with Crippen LogP contribution in [0.5, 0.6) is 0 Å². The summed E-state index contributed by atoms with van der Waals surface area (Å²) in [5, 5.41) is 2.34. The number of nitrogens with zero attached hydrogens (tertiary/aromatic N) is 4. The van der Waals surface area contributed by atoms with Crippen molar-refractivity contribution in [3.63, 3.8) is 0 Å². The lowest BCUT2D eigenvalue weighted by molar-refractivity contribution is 0.953. The van der Waals surface area contributed by atoms with Gasteiger partial charge in [-0.1, -0.05) is 146 Å². The maximum Gasteiger partial charge on any atom is 0.238 e. The molecule has 8 aromatic rings. The van der Waals surface area contributed by atoms with Crippen LogP contribution in [0.1, 0.15) is 0 Å². The summed E-state index contributed by atoms with van der Waals surface area (Å²) >= 11 is 0. The average molecular weight is 551 g/mol. The number of aromatic nitrogens is 4. The molecule has 0 fully saturated rings. The molecule has 8 rings (SSSR count). The topological polar surface area (TPSA) is 43.6 Å². The summed E-state index contributed by atoms with van der Waals surface area (Å²) in [4.78, 5) is 15.2. The molecule has 202 valence electrons. The number of fused-ring (bicyclic) bond motifs is 3. The Morgan fingerprint density at radius 1 is 0.302 bits per heavy atom. The zero-order chi connectivity index (χ0) is 28.6. The molecule has 0 atom stereocenters. The normalized spacial score (nSPS) is 11.3. The molecule has 0 aliphatic carbocycles. The SMILES string of the molecule is c1ccc(-c2ccc(-c3nc(-c4ccc(-c5ccccc5)cc4)nc(-n4c5ccccc5c5ccccc54)n3)cc2)cc1. The number of benzene rings is 6. The quantitative estimate of drug-likeness (QED) is 0.214. The van der Waals surface area contributed by atoms with Gasteiger partial charge in [0, 0.05) is 21.9 Å². The predicted octanol–water partition coefficient (Wildman–Crippen LogP) is 9.64. The van der Waals surface area contributed by atoms with Crippen molar-refractivity contribution in [3.05, 3.63) is 158 Å². The summed E-state index contributed by atoms with van der Waals surface area (Å²) in [5.41, 5.74) is 8.65. The fourth-order valence-electron chi connectivity index (χ4n) is 5.75. The molecule has 0 spiro atoms. The van der Waals surface area contributed by atoms with Gasteiger partial charge in [0.25, 0.3) is 0 Å². The molecular formula is C39H26N4. The van der Waals surface area contributed by atoms with Crippen LogP contribution in [0.4, 0.5) is 0 Å². The minimum Gasteiger partial charge on any atom is -0.278 e. The van der Waals surface area contributed by atoms with Crippen LogP contribution >= 0.6 is 0 Å². The van der Waals surface area contributed by atoms with Gasteiger partial charge in [-0.05, 0) is 34.4 Å². The van der Waals surface area contributed by atoms with Crippen LogP contribution in [-0.4, -0.2) is 19.5 Å². The third kappa shape index (κ3) is 4.55. The van der Waals surface area contributed by atoms with Crippen molar-refractivity contribution in [2.45, 2.75) is 0 Å². The van der Waals surface area contributed by atoms with Crippen LogP contribution in [-0.2, 0) is 0 Å². The first-order valence-electron chi connectivity index (χ1n) is 14.4. The van der Waals surface area contributed by atoms with Crippen LogP contribution in [0.2, 0.25) is 0 Å². The molecule has 0 bridgehead atoms. The first-order chi connectivity index (χ1) is 21.3. The van der Waals surface area contributed by atoms with E-state index in [9.17, 15) is 0 Å². The molecule has 6 aromatic carbocycles. The van der Waals surface area contributed by atoms with Crippen molar-refractivity contribution in [1.29, 1.82) is 0 Å². The standard InChI is InChI=1S/C39H26N4/c1-3-11-27(12-4-1)29-19-23-31(24-20-29)37-40-38(32-25-21-30(22-26-32)28-13-5-2-6-14-28)42-39(41-37)43-35-17-9-7-15-33(35)34-16-8-10-18-36(34)43/h1-26H. The van der Waals surface area contributed by atoms with E-state index in [0.717, 1.165) is 33.3 Å². The van der Waals surface area contributed by atoms with E-state index in [1.807, 2.05) is 12.1 Å². The smallest absolute Gasteiger partial charge is 0.238 e. The molecule has 0 aliphatic heterocycles. The zero-order valence-corrected chi connectivity index (χ0v) is 23.3. The van der Waals surface area contributed by atoms with Gasteiger partial charge in [-0.3, -0.25) is 4.57 Å². The Morgan fingerprint density at radius 2 is 0.651 bits per heavy atom. The van der Waals surface area contributed by atoms with Crippen molar-refractivity contribution in [2.24, 2.45) is 0 Å². The molecular weight excluding hydrogens is 524 g/mol. The van der Waals surface area contributed by atoms with Gasteiger partial charge < -0.3 is 0 Å². The van der Waals surface area contributed by atoms with E-state index in [1.54, 1.807) is 0 Å². The monoisotopic (exact) mass is 550 g/mol. The molecule has 0 saturated carbocycles. The van der Waals surface area contributed by atoms with Crippen molar-refractivity contribution in [3.8, 4) is 51.0 Å². The Hall–Kier alpha value is -5.87. The second kappa shape index (κ2) is 10.5. The zero-order valence-electron chi connectivity index (χ0n) is 23.3. The van der Waals surface area contributed by atoms with Gasteiger partial charge >= 0.3 is 0 Å². The fraction of sp³-hybridized carbons (Fsp3) is 0. The summed E-state index contributed by atoms with van der Waals surface area (Å²) in [6.45, 7) is 0. The number of hydrogen-bond donors (Lipinski definition) is 0. The minimum atomic E-state index is 0.594. The van der Waals surface area contributed by atoms with Gasteiger partial charge in [0.2, 0.25) is 5.95 Å². The van der Waals surface area contributed by atoms with Gasteiger partial charge in [-0.2, -0.15) is 9.97 Å². The van der Waals surface area contributed by atoms with Crippen molar-refractivity contribution in [1.82, 2.24) is 19.5 Å². The highest BCUT2D eigenvalue weighted by atomic mass is 15.2. The van der Waals surface area contributed by atoms with Gasteiger partial charge in [-0.15, -0.1) is 0 Å². The molecule has 0 radical (unpaired) electrons. The second-order valence-electron chi connectivity index (χ2n) is 10.5. The van der Waals surface area contributed by atoms with E-state index in [-0.39, 0.29) is 0 Å². The lowest BCUT2D eigenvalue weighted by Crippen LogP contribution is -2.06. The molecule has 4 nitrogen and oxygen atoms in total. The van der Waals surface area contributed by atoms with Crippen LogP contribution in [0.25, 0.3) is 72.8 Å². The maximum absolute atomic E-state index is 5.08. The van der Waals surface area contributed by atoms with Gasteiger partial charge in [0.05, 0.1) is 11.0 Å². The highest BCUT2D eigenvalue weighted by molar-refractivity contribution is 6.09. The summed E-state index contributed by atoms with van der Waals surface area (Å²) in [7, 11) is 0. The number of rotatable bonds is 5. The first kappa shape index (κ1) is 24.9. The number of para-hydroxylation sites is 2. The molecule has 0 aliphatic rings. The lowest BCUT2D eigenvalue weighted by atomic mass is 10.0. The highest BCUT2D eigenvalue weighted by Gasteiger charge is 2.17. The van der Waals surface area contributed by atoms with Gasteiger partial charge in [0.1, 0.15) is 0 Å². The Labute approximate surface area is 249 Å². The summed E-state index contributed by atoms with van der Waals surface area (Å²) < 4.78 is 2.15. The minimum absolute atomic E-state index is 0.594. The molecule has 0 unspecified atom stereocenters. The summed E-state index contributed by atoms with van der Waals surface area (Å²) in [6, 6.07) is 54.5. The van der Waals surface area contributed by atoms with E-state index in [1.165, 1.54) is 21.9 Å². The fourth-order valence-corrected chi connectivity index (χ4v) is 5.75. The van der Waals surface area contributed by atoms with E-state index >= 15 is 0 Å². The van der Waals surface area contributed by atoms with Gasteiger partial charge in [0.15, 0.2) is 11.6 Å². The van der Waals surface area contributed by atoms with E-state index in [4.69, 9.17) is 15.0 Å². The molecule has 43 heavy (non-hydrogen) atoms. The lowest BCUT2D eigenvalue weighted by Gasteiger charge is -2.11. The molecule has 0 amide bonds. The highest BCUT2D eigenvalue weighted by Crippen LogP contribution is 2.33. The number of hydrogen-bond acceptors (Lipinski definition) is 3. The van der Waals surface area contributed by atoms with Crippen LogP contribution in [0, 0.1) is 0 Å². The van der Waals surface area contributed by atoms with E-state index in [0.29, 0.717) is 17.6 Å². The Balaban J connectivity index is 1.31. The molecule has 0 saturated heterocycles. The second-order valence-corrected chi connectivity index (χ2v) is 10.5. The Morgan fingerprint density at radius 3 is 1.09 bits per heavy atom. The largest absolute Gasteiger partial charge is 0.278 e. The van der Waals surface area contributed by atoms with Crippen molar-refractivity contribution in [2.75, 3.05) is 0 Å². The Kier molecular flexibility index (Phi) is 6.08. The van der Waals surface area contributed by atoms with Crippen LogP contribution in [0.15, 0.2) is 158 Å². The Bertz CT molecular complexity index is 2050. The first-order valence-corrected chi connectivity index (χ1v) is 14.4. The summed E-state index contributed by atoms with van der Waals surface area (Å²) in [6.07, 6.45) is 0. The van der Waals surface area contributed by atoms with E-state index in [2.05, 4.69) is 150 Å². The predicted molar refractivity (Wildman–Crippen MR) is 176 cm³/mol. The van der Waals surface area contributed by atoms with Crippen molar-refractivity contribution < 1.29 is 0 Å². The van der Waals surface area contributed by atoms with Crippen LogP contribution in [0.3, 0.4) is 0 Å². The van der Waals surface area contributed by atoms with Gasteiger partial charge in [-0.25, -0.2) is 4.98 Å². The third-order valence-electron chi connectivity index (χ3n) is 7.90. The third-order valence-corrected chi connectivity index (χ3v) is 7.90. The molecule has 0 N–H and O–H groups in total. The molecule has 2 heterocycles. The molecule has 2 aromatic heterocycles. The molecule has 4 heteroatoms. The summed E-state index contributed by atoms with van der Waals surface area (Å²) in [5.74, 6) is 1.86. The average Bonchev–Trinajstić information content (AvgIpc) is 3.43.